The SMILES string of the molecule is CCOC(=O)Oc1ccc(C(=O)NCc2ccccc2NC(=O)CCCN2C(=O)c3ccccc3C2=O)cc1. The van der Waals surface area contributed by atoms with Crippen LogP contribution in [0.3, 0.4) is 0 Å². The molecule has 0 fully saturated rings. The summed E-state index contributed by atoms with van der Waals surface area (Å²) in [7, 11) is 0. The number of imide groups is 1. The third kappa shape index (κ3) is 6.67. The van der Waals surface area contributed by atoms with E-state index >= 15 is 0 Å². The Hall–Kier alpha value is -4.99. The van der Waals surface area contributed by atoms with E-state index in [1.54, 1.807) is 55.5 Å². The molecule has 0 saturated heterocycles. The highest BCUT2D eigenvalue weighted by Crippen LogP contribution is 2.23. The van der Waals surface area contributed by atoms with Gasteiger partial charge in [-0.15, -0.1) is 0 Å². The highest BCUT2D eigenvalue weighted by molar-refractivity contribution is 6.21. The molecule has 2 N–H and O–H groups in total. The number of hydrogen-bond acceptors (Lipinski definition) is 7. The Balaban J connectivity index is 1.26. The lowest BCUT2D eigenvalue weighted by Crippen LogP contribution is -2.31. The van der Waals surface area contributed by atoms with Gasteiger partial charge in [-0.05, 0) is 61.4 Å². The van der Waals surface area contributed by atoms with Crippen LogP contribution >= 0.6 is 0 Å². The van der Waals surface area contributed by atoms with Gasteiger partial charge in [0.25, 0.3) is 17.7 Å². The largest absolute Gasteiger partial charge is 0.513 e. The number of fused-ring (bicyclic) bond motifs is 1. The van der Waals surface area contributed by atoms with Gasteiger partial charge < -0.3 is 20.1 Å². The molecule has 0 aliphatic carbocycles. The molecular weight excluding hydrogens is 502 g/mol. The lowest BCUT2D eigenvalue weighted by Gasteiger charge is -2.14. The molecule has 1 aliphatic heterocycles. The average Bonchev–Trinajstić information content (AvgIpc) is 3.18. The van der Waals surface area contributed by atoms with Crippen LogP contribution in [-0.4, -0.2) is 47.8 Å². The summed E-state index contributed by atoms with van der Waals surface area (Å²) in [6.45, 7) is 2.16. The fourth-order valence-corrected chi connectivity index (χ4v) is 4.04. The predicted octanol–water partition coefficient (Wildman–Crippen LogP) is 4.17. The zero-order valence-electron chi connectivity index (χ0n) is 21.3. The van der Waals surface area contributed by atoms with Gasteiger partial charge in [0, 0.05) is 30.8 Å². The molecule has 3 aromatic carbocycles. The standard InChI is InChI=1S/C29H27N3O7/c1-2-38-29(37)39-21-15-13-19(14-16-21)26(34)30-18-20-8-3-6-11-24(20)31-25(33)12-7-17-32-27(35)22-9-4-5-10-23(22)28(32)36/h3-6,8-11,13-16H,2,7,12,17-18H2,1H3,(H,30,34)(H,31,33). The van der Waals surface area contributed by atoms with Crippen LogP contribution in [-0.2, 0) is 16.1 Å². The molecule has 4 rings (SSSR count). The Kier molecular flexibility index (Phi) is 8.67. The lowest BCUT2D eigenvalue weighted by molar-refractivity contribution is -0.116. The summed E-state index contributed by atoms with van der Waals surface area (Å²) in [5, 5.41) is 5.64. The molecule has 3 aromatic rings. The summed E-state index contributed by atoms with van der Waals surface area (Å²) in [5.74, 6) is -1.07. The summed E-state index contributed by atoms with van der Waals surface area (Å²) in [6, 6.07) is 19.7. The Bertz CT molecular complexity index is 1370. The van der Waals surface area contributed by atoms with Crippen molar-refractivity contribution in [1.29, 1.82) is 0 Å². The summed E-state index contributed by atoms with van der Waals surface area (Å²) >= 11 is 0. The Morgan fingerprint density at radius 3 is 2.15 bits per heavy atom. The quantitative estimate of drug-likeness (QED) is 0.229. The Morgan fingerprint density at radius 2 is 1.49 bits per heavy atom. The van der Waals surface area contributed by atoms with Gasteiger partial charge in [-0.1, -0.05) is 30.3 Å². The predicted molar refractivity (Wildman–Crippen MR) is 141 cm³/mol. The molecule has 1 heterocycles. The molecular formula is C29H27N3O7. The van der Waals surface area contributed by atoms with Crippen LogP contribution in [0, 0.1) is 0 Å². The third-order valence-corrected chi connectivity index (χ3v) is 5.97. The first-order chi connectivity index (χ1) is 18.9. The summed E-state index contributed by atoms with van der Waals surface area (Å²) in [5.41, 5.74) is 2.36. The van der Waals surface area contributed by atoms with Gasteiger partial charge in [0.15, 0.2) is 0 Å². The normalized spacial score (nSPS) is 12.1. The number of nitrogens with one attached hydrogen (secondary N) is 2. The number of nitrogens with zero attached hydrogens (tertiary/aromatic N) is 1. The van der Waals surface area contributed by atoms with Crippen LogP contribution in [0.15, 0.2) is 72.8 Å². The Labute approximate surface area is 224 Å². The molecule has 200 valence electrons. The van der Waals surface area contributed by atoms with Crippen LogP contribution in [0.5, 0.6) is 5.75 Å². The second-order valence-corrected chi connectivity index (χ2v) is 8.61. The van der Waals surface area contributed by atoms with Crippen molar-refractivity contribution in [2.45, 2.75) is 26.3 Å². The van der Waals surface area contributed by atoms with E-state index in [0.29, 0.717) is 34.4 Å². The van der Waals surface area contributed by atoms with Gasteiger partial charge in [0.05, 0.1) is 17.7 Å². The third-order valence-electron chi connectivity index (χ3n) is 5.97. The first-order valence-electron chi connectivity index (χ1n) is 12.4. The Morgan fingerprint density at radius 1 is 0.846 bits per heavy atom. The van der Waals surface area contributed by atoms with E-state index in [1.807, 2.05) is 0 Å². The summed E-state index contributed by atoms with van der Waals surface area (Å²) < 4.78 is 9.70. The zero-order valence-corrected chi connectivity index (χ0v) is 21.3. The number of benzene rings is 3. The first-order valence-corrected chi connectivity index (χ1v) is 12.4. The molecule has 0 aromatic heterocycles. The molecule has 10 heteroatoms. The summed E-state index contributed by atoms with van der Waals surface area (Å²) in [4.78, 5) is 62.7. The number of hydrogen-bond donors (Lipinski definition) is 2. The van der Waals surface area contributed by atoms with E-state index in [1.165, 1.54) is 24.3 Å². The van der Waals surface area contributed by atoms with E-state index in [0.717, 1.165) is 4.90 Å². The second kappa shape index (κ2) is 12.5. The molecule has 10 nitrogen and oxygen atoms in total. The highest BCUT2D eigenvalue weighted by atomic mass is 16.7. The van der Waals surface area contributed by atoms with Gasteiger partial charge >= 0.3 is 6.16 Å². The molecule has 0 atom stereocenters. The number of ether oxygens (including phenoxy) is 2. The fraction of sp³-hybridized carbons (Fsp3) is 0.207. The van der Waals surface area contributed by atoms with Crippen molar-refractivity contribution in [2.24, 2.45) is 0 Å². The first kappa shape index (κ1) is 27.1. The van der Waals surface area contributed by atoms with E-state index < -0.39 is 6.16 Å². The smallest absolute Gasteiger partial charge is 0.434 e. The van der Waals surface area contributed by atoms with E-state index in [2.05, 4.69) is 10.6 Å². The van der Waals surface area contributed by atoms with Crippen molar-refractivity contribution in [3.05, 3.63) is 95.1 Å². The molecule has 0 radical (unpaired) electrons. The maximum absolute atomic E-state index is 12.6. The minimum Gasteiger partial charge on any atom is -0.434 e. The van der Waals surface area contributed by atoms with Gasteiger partial charge in [-0.25, -0.2) is 4.79 Å². The molecule has 0 bridgehead atoms. The van der Waals surface area contributed by atoms with Gasteiger partial charge in [-0.3, -0.25) is 24.1 Å². The van der Waals surface area contributed by atoms with E-state index in [4.69, 9.17) is 9.47 Å². The number of carbonyl (C=O) groups is 5. The summed E-state index contributed by atoms with van der Waals surface area (Å²) in [6.07, 6.45) is -0.405. The number of carbonyl (C=O) groups excluding carboxylic acids is 5. The van der Waals surface area contributed by atoms with E-state index in [9.17, 15) is 24.0 Å². The molecule has 4 amide bonds. The van der Waals surface area contributed by atoms with Crippen molar-refractivity contribution in [3.8, 4) is 5.75 Å². The average molecular weight is 530 g/mol. The van der Waals surface area contributed by atoms with E-state index in [-0.39, 0.29) is 55.5 Å². The lowest BCUT2D eigenvalue weighted by atomic mass is 10.1. The number of amides is 4. The minimum absolute atomic E-state index is 0.105. The van der Waals surface area contributed by atoms with Crippen molar-refractivity contribution in [3.63, 3.8) is 0 Å². The van der Waals surface area contributed by atoms with Gasteiger partial charge in [0.2, 0.25) is 5.91 Å². The van der Waals surface area contributed by atoms with Crippen molar-refractivity contribution < 1.29 is 33.4 Å². The van der Waals surface area contributed by atoms with Gasteiger partial charge in [-0.2, -0.15) is 0 Å². The fourth-order valence-electron chi connectivity index (χ4n) is 4.04. The molecule has 0 saturated carbocycles. The topological polar surface area (TPSA) is 131 Å². The zero-order chi connectivity index (χ0) is 27.8. The number of para-hydroxylation sites is 1. The van der Waals surface area contributed by atoms with Gasteiger partial charge in [0.1, 0.15) is 5.75 Å². The van der Waals surface area contributed by atoms with Crippen molar-refractivity contribution >= 4 is 35.5 Å². The maximum Gasteiger partial charge on any atom is 0.513 e. The van der Waals surface area contributed by atoms with Crippen LogP contribution in [0.4, 0.5) is 10.5 Å². The monoisotopic (exact) mass is 529 g/mol. The van der Waals surface area contributed by atoms with Crippen molar-refractivity contribution in [2.75, 3.05) is 18.5 Å². The molecule has 1 aliphatic rings. The maximum atomic E-state index is 12.6. The second-order valence-electron chi connectivity index (χ2n) is 8.61. The minimum atomic E-state index is -0.822. The number of anilines is 1. The van der Waals surface area contributed by atoms with Crippen LogP contribution in [0.25, 0.3) is 0 Å². The molecule has 0 spiro atoms. The van der Waals surface area contributed by atoms with Crippen LogP contribution < -0.4 is 15.4 Å². The van der Waals surface area contributed by atoms with Crippen molar-refractivity contribution in [1.82, 2.24) is 10.2 Å². The highest BCUT2D eigenvalue weighted by Gasteiger charge is 2.34. The molecule has 0 unspecified atom stereocenters. The van der Waals surface area contributed by atoms with Crippen LogP contribution in [0.2, 0.25) is 0 Å². The number of rotatable bonds is 10. The molecule has 39 heavy (non-hydrogen) atoms. The van der Waals surface area contributed by atoms with Crippen LogP contribution in [0.1, 0.15) is 56.4 Å².